The fourth-order valence-corrected chi connectivity index (χ4v) is 2.07. The van der Waals surface area contributed by atoms with Gasteiger partial charge in [-0.15, -0.1) is 0 Å². The van der Waals surface area contributed by atoms with Crippen LogP contribution in [0.1, 0.15) is 71.6 Å². The van der Waals surface area contributed by atoms with Crippen LogP contribution in [-0.4, -0.2) is 11.1 Å². The minimum absolute atomic E-state index is 0.341. The number of hydrogen-bond donors (Lipinski definition) is 1. The number of hydrogen-bond acceptors (Lipinski definition) is 1. The van der Waals surface area contributed by atoms with Gasteiger partial charge in [-0.1, -0.05) is 52.4 Å². The maximum atomic E-state index is 10.4. The molecular weight excluding hydrogens is 188 g/mol. The van der Waals surface area contributed by atoms with E-state index in [1.54, 1.807) is 0 Å². The smallest absolute Gasteiger partial charge is 0.303 e. The number of carbonyl (C=O) groups is 1. The molecule has 0 aromatic rings. The number of unbranched alkanes of at least 4 members (excludes halogenated alkanes) is 2. The molecule has 15 heavy (non-hydrogen) atoms. The van der Waals surface area contributed by atoms with Gasteiger partial charge in [0.25, 0.3) is 0 Å². The second kappa shape index (κ2) is 10.0. The molecule has 90 valence electrons. The third kappa shape index (κ3) is 9.77. The molecule has 0 spiro atoms. The van der Waals surface area contributed by atoms with E-state index in [9.17, 15) is 4.79 Å². The fourth-order valence-electron chi connectivity index (χ4n) is 2.07. The van der Waals surface area contributed by atoms with E-state index in [2.05, 4.69) is 13.8 Å². The predicted molar refractivity (Wildman–Crippen MR) is 64.0 cm³/mol. The van der Waals surface area contributed by atoms with Crippen LogP contribution in [0.15, 0.2) is 0 Å². The molecule has 1 atom stereocenters. The molecule has 1 unspecified atom stereocenters. The predicted octanol–water partition coefficient (Wildman–Crippen LogP) is 4.24. The second-order valence-electron chi connectivity index (χ2n) is 4.44. The van der Waals surface area contributed by atoms with E-state index in [1.165, 1.54) is 38.5 Å². The average Bonchev–Trinajstić information content (AvgIpc) is 2.17. The lowest BCUT2D eigenvalue weighted by atomic mass is 9.91. The Morgan fingerprint density at radius 2 is 1.67 bits per heavy atom. The number of carboxylic acid groups (broad SMARTS) is 1. The summed E-state index contributed by atoms with van der Waals surface area (Å²) in [7, 11) is 0. The van der Waals surface area contributed by atoms with Crippen molar-refractivity contribution in [2.24, 2.45) is 5.92 Å². The number of rotatable bonds is 10. The lowest BCUT2D eigenvalue weighted by molar-refractivity contribution is -0.137. The quantitative estimate of drug-likeness (QED) is 0.552. The van der Waals surface area contributed by atoms with Gasteiger partial charge in [-0.2, -0.15) is 0 Å². The van der Waals surface area contributed by atoms with Crippen molar-refractivity contribution >= 4 is 5.97 Å². The Morgan fingerprint density at radius 3 is 2.20 bits per heavy atom. The first-order valence-corrected chi connectivity index (χ1v) is 6.42. The molecule has 2 heteroatoms. The SMILES string of the molecule is CCCCCC(CCC)CCCC(=O)O. The average molecular weight is 214 g/mol. The first-order valence-electron chi connectivity index (χ1n) is 6.42. The van der Waals surface area contributed by atoms with Crippen LogP contribution in [0.2, 0.25) is 0 Å². The van der Waals surface area contributed by atoms with Crippen molar-refractivity contribution in [1.82, 2.24) is 0 Å². The Kier molecular flexibility index (Phi) is 9.65. The van der Waals surface area contributed by atoms with Crippen molar-refractivity contribution in [3.05, 3.63) is 0 Å². The number of carboxylic acids is 1. The van der Waals surface area contributed by atoms with Gasteiger partial charge in [0.15, 0.2) is 0 Å². The van der Waals surface area contributed by atoms with Crippen molar-refractivity contribution in [1.29, 1.82) is 0 Å². The van der Waals surface area contributed by atoms with Crippen LogP contribution in [0.3, 0.4) is 0 Å². The van der Waals surface area contributed by atoms with Gasteiger partial charge in [0.1, 0.15) is 0 Å². The highest BCUT2D eigenvalue weighted by molar-refractivity contribution is 5.66. The number of aliphatic carboxylic acids is 1. The normalized spacial score (nSPS) is 12.7. The van der Waals surface area contributed by atoms with E-state index in [1.807, 2.05) is 0 Å². The monoisotopic (exact) mass is 214 g/mol. The standard InChI is InChI=1S/C13H26O2/c1-3-5-6-9-12(8-4-2)10-7-11-13(14)15/h12H,3-11H2,1-2H3,(H,14,15). The summed E-state index contributed by atoms with van der Waals surface area (Å²) in [5, 5.41) is 8.57. The zero-order chi connectivity index (χ0) is 11.5. The summed E-state index contributed by atoms with van der Waals surface area (Å²) >= 11 is 0. The summed E-state index contributed by atoms with van der Waals surface area (Å²) in [4.78, 5) is 10.4. The zero-order valence-electron chi connectivity index (χ0n) is 10.3. The van der Waals surface area contributed by atoms with Crippen molar-refractivity contribution in [3.63, 3.8) is 0 Å². The van der Waals surface area contributed by atoms with Gasteiger partial charge in [-0.05, 0) is 18.8 Å². The van der Waals surface area contributed by atoms with Crippen LogP contribution in [0, 0.1) is 5.92 Å². The summed E-state index contributed by atoms with van der Waals surface area (Å²) < 4.78 is 0. The molecule has 0 rings (SSSR count). The Balaban J connectivity index is 3.57. The topological polar surface area (TPSA) is 37.3 Å². The Morgan fingerprint density at radius 1 is 1.00 bits per heavy atom. The third-order valence-electron chi connectivity index (χ3n) is 2.92. The Hall–Kier alpha value is -0.530. The van der Waals surface area contributed by atoms with Crippen LogP contribution < -0.4 is 0 Å². The molecular formula is C13H26O2. The van der Waals surface area contributed by atoms with Gasteiger partial charge in [0.2, 0.25) is 0 Å². The Bertz CT molecular complexity index is 155. The lowest BCUT2D eigenvalue weighted by Crippen LogP contribution is -2.02. The van der Waals surface area contributed by atoms with Crippen molar-refractivity contribution in [3.8, 4) is 0 Å². The van der Waals surface area contributed by atoms with E-state index in [4.69, 9.17) is 5.11 Å². The largest absolute Gasteiger partial charge is 0.481 e. The van der Waals surface area contributed by atoms with Gasteiger partial charge in [0.05, 0.1) is 0 Å². The molecule has 0 aromatic heterocycles. The first kappa shape index (κ1) is 14.5. The Labute approximate surface area is 94.1 Å². The molecule has 0 amide bonds. The van der Waals surface area contributed by atoms with Crippen LogP contribution in [0.25, 0.3) is 0 Å². The van der Waals surface area contributed by atoms with Crippen molar-refractivity contribution in [2.45, 2.75) is 71.6 Å². The van der Waals surface area contributed by atoms with Crippen LogP contribution in [-0.2, 0) is 4.79 Å². The van der Waals surface area contributed by atoms with Gasteiger partial charge in [0, 0.05) is 6.42 Å². The molecule has 0 fully saturated rings. The van der Waals surface area contributed by atoms with Crippen LogP contribution >= 0.6 is 0 Å². The van der Waals surface area contributed by atoms with Gasteiger partial charge >= 0.3 is 5.97 Å². The van der Waals surface area contributed by atoms with Crippen LogP contribution in [0.4, 0.5) is 0 Å². The van der Waals surface area contributed by atoms with E-state index >= 15 is 0 Å². The molecule has 0 aliphatic carbocycles. The molecule has 0 aliphatic rings. The molecule has 0 saturated heterocycles. The summed E-state index contributed by atoms with van der Waals surface area (Å²) in [6, 6.07) is 0. The summed E-state index contributed by atoms with van der Waals surface area (Å²) in [6.45, 7) is 4.43. The molecule has 1 N–H and O–H groups in total. The minimum atomic E-state index is -0.654. The third-order valence-corrected chi connectivity index (χ3v) is 2.92. The molecule has 0 aromatic carbocycles. The van der Waals surface area contributed by atoms with Gasteiger partial charge < -0.3 is 5.11 Å². The lowest BCUT2D eigenvalue weighted by Gasteiger charge is -2.15. The summed E-state index contributed by atoms with van der Waals surface area (Å²) in [5.74, 6) is 0.111. The highest BCUT2D eigenvalue weighted by Gasteiger charge is 2.08. The van der Waals surface area contributed by atoms with E-state index in [0.717, 1.165) is 18.8 Å². The van der Waals surface area contributed by atoms with E-state index in [-0.39, 0.29) is 0 Å². The minimum Gasteiger partial charge on any atom is -0.481 e. The zero-order valence-corrected chi connectivity index (χ0v) is 10.3. The van der Waals surface area contributed by atoms with Gasteiger partial charge in [-0.3, -0.25) is 4.79 Å². The van der Waals surface area contributed by atoms with E-state index in [0.29, 0.717) is 6.42 Å². The maximum absolute atomic E-state index is 10.4. The molecule has 0 bridgehead atoms. The molecule has 0 aliphatic heterocycles. The molecule has 0 radical (unpaired) electrons. The highest BCUT2D eigenvalue weighted by atomic mass is 16.4. The summed E-state index contributed by atoms with van der Waals surface area (Å²) in [5.41, 5.74) is 0. The highest BCUT2D eigenvalue weighted by Crippen LogP contribution is 2.21. The van der Waals surface area contributed by atoms with Crippen molar-refractivity contribution in [2.75, 3.05) is 0 Å². The first-order chi connectivity index (χ1) is 7.20. The van der Waals surface area contributed by atoms with Crippen LogP contribution in [0.5, 0.6) is 0 Å². The van der Waals surface area contributed by atoms with Gasteiger partial charge in [-0.25, -0.2) is 0 Å². The molecule has 0 heterocycles. The fraction of sp³-hybridized carbons (Fsp3) is 0.923. The molecule has 2 nitrogen and oxygen atoms in total. The summed E-state index contributed by atoms with van der Waals surface area (Å²) in [6.07, 6.45) is 9.99. The second-order valence-corrected chi connectivity index (χ2v) is 4.44. The van der Waals surface area contributed by atoms with Crippen molar-refractivity contribution < 1.29 is 9.90 Å². The maximum Gasteiger partial charge on any atom is 0.303 e. The molecule has 0 saturated carbocycles. The van der Waals surface area contributed by atoms with E-state index < -0.39 is 5.97 Å².